The van der Waals surface area contributed by atoms with Crippen LogP contribution in [-0.2, 0) is 0 Å². The van der Waals surface area contributed by atoms with Gasteiger partial charge in [0.05, 0.1) is 17.8 Å². The van der Waals surface area contributed by atoms with Gasteiger partial charge in [0.1, 0.15) is 0 Å². The molecule has 0 aliphatic carbocycles. The predicted octanol–water partition coefficient (Wildman–Crippen LogP) is 0.593. The van der Waals surface area contributed by atoms with Crippen molar-refractivity contribution in [2.75, 3.05) is 6.54 Å². The molecule has 4 heteroatoms. The van der Waals surface area contributed by atoms with Gasteiger partial charge in [-0.1, -0.05) is 0 Å². The standard InChI is InChI=1S/C6H8N2OS/c1-4-5(3-10-8-4)6(9)2-7/h3H,2,7H2,1H3. The van der Waals surface area contributed by atoms with E-state index in [1.165, 1.54) is 11.5 Å². The fraction of sp³-hybridized carbons (Fsp3) is 0.333. The number of hydrogen-bond acceptors (Lipinski definition) is 4. The average molecular weight is 156 g/mol. The van der Waals surface area contributed by atoms with Crippen molar-refractivity contribution in [2.45, 2.75) is 6.92 Å². The van der Waals surface area contributed by atoms with Crippen LogP contribution in [0.1, 0.15) is 16.1 Å². The molecule has 54 valence electrons. The van der Waals surface area contributed by atoms with E-state index in [-0.39, 0.29) is 12.3 Å². The number of aromatic nitrogens is 1. The molecule has 1 rings (SSSR count). The Morgan fingerprint density at radius 3 is 3.00 bits per heavy atom. The molecule has 0 amide bonds. The minimum Gasteiger partial charge on any atom is -0.324 e. The fourth-order valence-corrected chi connectivity index (χ4v) is 1.39. The zero-order valence-electron chi connectivity index (χ0n) is 5.63. The van der Waals surface area contributed by atoms with E-state index in [0.717, 1.165) is 5.69 Å². The Morgan fingerprint density at radius 2 is 2.60 bits per heavy atom. The SMILES string of the molecule is Cc1nscc1C(=O)CN. The number of rotatable bonds is 2. The van der Waals surface area contributed by atoms with Gasteiger partial charge in [-0.3, -0.25) is 4.79 Å². The van der Waals surface area contributed by atoms with Gasteiger partial charge in [-0.2, -0.15) is 4.37 Å². The van der Waals surface area contributed by atoms with Gasteiger partial charge in [0, 0.05) is 5.38 Å². The summed E-state index contributed by atoms with van der Waals surface area (Å²) < 4.78 is 3.95. The van der Waals surface area contributed by atoms with Crippen molar-refractivity contribution in [3.8, 4) is 0 Å². The van der Waals surface area contributed by atoms with Crippen LogP contribution < -0.4 is 5.73 Å². The van der Waals surface area contributed by atoms with Gasteiger partial charge in [0.25, 0.3) is 0 Å². The van der Waals surface area contributed by atoms with Crippen molar-refractivity contribution in [1.82, 2.24) is 4.37 Å². The number of nitrogens with two attached hydrogens (primary N) is 1. The molecular weight excluding hydrogens is 148 g/mol. The van der Waals surface area contributed by atoms with Crippen LogP contribution in [0, 0.1) is 6.92 Å². The van der Waals surface area contributed by atoms with Crippen molar-refractivity contribution in [3.05, 3.63) is 16.6 Å². The monoisotopic (exact) mass is 156 g/mol. The number of Topliss-reactive ketones (excluding diaryl/α,β-unsaturated/α-hetero) is 1. The quantitative estimate of drug-likeness (QED) is 0.638. The highest BCUT2D eigenvalue weighted by Crippen LogP contribution is 2.08. The van der Waals surface area contributed by atoms with Crippen molar-refractivity contribution in [3.63, 3.8) is 0 Å². The summed E-state index contributed by atoms with van der Waals surface area (Å²) in [5.41, 5.74) is 6.60. The first kappa shape index (κ1) is 7.37. The summed E-state index contributed by atoms with van der Waals surface area (Å²) in [6.07, 6.45) is 0. The van der Waals surface area contributed by atoms with Crippen LogP contribution in [0.15, 0.2) is 5.38 Å². The largest absolute Gasteiger partial charge is 0.324 e. The zero-order chi connectivity index (χ0) is 7.56. The van der Waals surface area contributed by atoms with Gasteiger partial charge in [-0.15, -0.1) is 0 Å². The third-order valence-electron chi connectivity index (χ3n) is 1.24. The van der Waals surface area contributed by atoms with Crippen LogP contribution in [0.3, 0.4) is 0 Å². The van der Waals surface area contributed by atoms with Gasteiger partial charge < -0.3 is 5.73 Å². The summed E-state index contributed by atoms with van der Waals surface area (Å²) in [7, 11) is 0. The molecule has 0 radical (unpaired) electrons. The van der Waals surface area contributed by atoms with Crippen LogP contribution in [0.25, 0.3) is 0 Å². The lowest BCUT2D eigenvalue weighted by molar-refractivity contribution is 0.100. The van der Waals surface area contributed by atoms with E-state index in [4.69, 9.17) is 5.73 Å². The van der Waals surface area contributed by atoms with Gasteiger partial charge in [-0.25, -0.2) is 0 Å². The predicted molar refractivity (Wildman–Crippen MR) is 40.2 cm³/mol. The lowest BCUT2D eigenvalue weighted by Gasteiger charge is -1.91. The number of carbonyl (C=O) groups is 1. The first-order valence-electron chi connectivity index (χ1n) is 2.90. The molecule has 0 aliphatic heterocycles. The first-order chi connectivity index (χ1) is 4.75. The van der Waals surface area contributed by atoms with Crippen molar-refractivity contribution in [1.29, 1.82) is 0 Å². The molecule has 1 heterocycles. The van der Waals surface area contributed by atoms with E-state index in [9.17, 15) is 4.79 Å². The third kappa shape index (κ3) is 1.22. The number of nitrogens with zero attached hydrogens (tertiary/aromatic N) is 1. The molecule has 0 fully saturated rings. The summed E-state index contributed by atoms with van der Waals surface area (Å²) in [4.78, 5) is 10.9. The highest BCUT2D eigenvalue weighted by atomic mass is 32.1. The third-order valence-corrected chi connectivity index (χ3v) is 1.96. The maximum absolute atomic E-state index is 10.9. The number of aryl methyl sites for hydroxylation is 1. The Bertz CT molecular complexity index is 244. The second kappa shape index (κ2) is 2.90. The van der Waals surface area contributed by atoms with Crippen molar-refractivity contribution >= 4 is 17.3 Å². The Labute approximate surface area is 63.0 Å². The number of hydrogen-bond donors (Lipinski definition) is 1. The normalized spacial score (nSPS) is 9.80. The molecule has 0 bridgehead atoms. The van der Waals surface area contributed by atoms with E-state index >= 15 is 0 Å². The van der Waals surface area contributed by atoms with Gasteiger partial charge in [0.2, 0.25) is 0 Å². The average Bonchev–Trinajstić information content (AvgIpc) is 2.34. The molecule has 0 saturated carbocycles. The fourth-order valence-electron chi connectivity index (χ4n) is 0.670. The van der Waals surface area contributed by atoms with E-state index in [1.807, 2.05) is 0 Å². The van der Waals surface area contributed by atoms with Crippen molar-refractivity contribution < 1.29 is 4.79 Å². The molecular formula is C6H8N2OS. The molecule has 1 aromatic heterocycles. The molecule has 2 N–H and O–H groups in total. The van der Waals surface area contributed by atoms with Crippen LogP contribution in [-0.4, -0.2) is 16.7 Å². The molecule has 0 aromatic carbocycles. The van der Waals surface area contributed by atoms with E-state index in [1.54, 1.807) is 12.3 Å². The Kier molecular flexibility index (Phi) is 2.13. The lowest BCUT2D eigenvalue weighted by atomic mass is 10.2. The molecule has 3 nitrogen and oxygen atoms in total. The Morgan fingerprint density at radius 1 is 1.90 bits per heavy atom. The molecule has 1 aromatic rings. The maximum Gasteiger partial charge on any atom is 0.179 e. The van der Waals surface area contributed by atoms with E-state index < -0.39 is 0 Å². The highest BCUT2D eigenvalue weighted by molar-refractivity contribution is 7.03. The molecule has 10 heavy (non-hydrogen) atoms. The topological polar surface area (TPSA) is 56.0 Å². The molecule has 0 unspecified atom stereocenters. The summed E-state index contributed by atoms with van der Waals surface area (Å²) >= 11 is 1.28. The Hall–Kier alpha value is -0.740. The van der Waals surface area contributed by atoms with Crippen LogP contribution >= 0.6 is 11.5 Å². The Balaban J connectivity index is 2.93. The van der Waals surface area contributed by atoms with Gasteiger partial charge in [0.15, 0.2) is 5.78 Å². The zero-order valence-corrected chi connectivity index (χ0v) is 6.44. The minimum absolute atomic E-state index is 0.0359. The molecule has 0 spiro atoms. The van der Waals surface area contributed by atoms with Gasteiger partial charge in [-0.05, 0) is 18.5 Å². The highest BCUT2D eigenvalue weighted by Gasteiger charge is 2.07. The lowest BCUT2D eigenvalue weighted by Crippen LogP contribution is -2.13. The molecule has 0 aliphatic rings. The maximum atomic E-state index is 10.9. The van der Waals surface area contributed by atoms with E-state index in [2.05, 4.69) is 4.37 Å². The number of ketones is 1. The summed E-state index contributed by atoms with van der Waals surface area (Å²) in [5.74, 6) is -0.0359. The second-order valence-electron chi connectivity index (χ2n) is 1.94. The summed E-state index contributed by atoms with van der Waals surface area (Å²) in [5, 5.41) is 1.73. The second-order valence-corrected chi connectivity index (χ2v) is 2.57. The molecule has 0 saturated heterocycles. The smallest absolute Gasteiger partial charge is 0.179 e. The van der Waals surface area contributed by atoms with Crippen LogP contribution in [0.4, 0.5) is 0 Å². The molecule has 0 atom stereocenters. The van der Waals surface area contributed by atoms with Gasteiger partial charge >= 0.3 is 0 Å². The first-order valence-corrected chi connectivity index (χ1v) is 3.73. The number of carbonyl (C=O) groups excluding carboxylic acids is 1. The van der Waals surface area contributed by atoms with Crippen LogP contribution in [0.5, 0.6) is 0 Å². The van der Waals surface area contributed by atoms with E-state index in [0.29, 0.717) is 5.56 Å². The summed E-state index contributed by atoms with van der Waals surface area (Å²) in [6.45, 7) is 1.87. The van der Waals surface area contributed by atoms with Crippen molar-refractivity contribution in [2.24, 2.45) is 5.73 Å². The van der Waals surface area contributed by atoms with Crippen LogP contribution in [0.2, 0.25) is 0 Å². The summed E-state index contributed by atoms with van der Waals surface area (Å²) in [6, 6.07) is 0. The minimum atomic E-state index is -0.0359.